The van der Waals surface area contributed by atoms with Crippen LogP contribution in [0, 0.1) is 22.5 Å². The SMILES string of the molecule is C#CCOc1c(Br)cc(/C=C2/C(=O)NC(=O)N(c3ccc([N+](=O)[O-])cc3)C2=O)cc1OC. The fourth-order valence-corrected chi connectivity index (χ4v) is 3.43. The van der Waals surface area contributed by atoms with Gasteiger partial charge in [0, 0.05) is 12.1 Å². The zero-order chi connectivity index (χ0) is 23.4. The first kappa shape index (κ1) is 22.5. The van der Waals surface area contributed by atoms with Crippen molar-refractivity contribution in [2.24, 2.45) is 0 Å². The van der Waals surface area contributed by atoms with Gasteiger partial charge in [-0.2, -0.15) is 0 Å². The van der Waals surface area contributed by atoms with Gasteiger partial charge in [0.25, 0.3) is 17.5 Å². The Hall–Kier alpha value is -4.17. The number of rotatable bonds is 6. The predicted octanol–water partition coefficient (Wildman–Crippen LogP) is 3.04. The summed E-state index contributed by atoms with van der Waals surface area (Å²) in [6, 6.07) is 6.90. The highest BCUT2D eigenvalue weighted by Gasteiger charge is 2.37. The lowest BCUT2D eigenvalue weighted by Gasteiger charge is -2.26. The maximum absolute atomic E-state index is 13.0. The molecule has 0 saturated carbocycles. The molecule has 1 aliphatic rings. The molecule has 1 aliphatic heterocycles. The van der Waals surface area contributed by atoms with Crippen LogP contribution in [0.2, 0.25) is 0 Å². The van der Waals surface area contributed by atoms with Gasteiger partial charge in [-0.25, -0.2) is 9.69 Å². The number of halogens is 1. The number of urea groups is 1. The third-order valence-corrected chi connectivity index (χ3v) is 4.87. The molecule has 2 aromatic carbocycles. The average molecular weight is 500 g/mol. The summed E-state index contributed by atoms with van der Waals surface area (Å²) in [7, 11) is 1.41. The number of methoxy groups -OCH3 is 1. The Morgan fingerprint density at radius 1 is 1.25 bits per heavy atom. The summed E-state index contributed by atoms with van der Waals surface area (Å²) in [5, 5.41) is 12.9. The zero-order valence-corrected chi connectivity index (χ0v) is 18.0. The molecule has 0 aromatic heterocycles. The molecular weight excluding hydrogens is 486 g/mol. The largest absolute Gasteiger partial charge is 0.493 e. The van der Waals surface area contributed by atoms with Gasteiger partial charge < -0.3 is 9.47 Å². The molecule has 3 rings (SSSR count). The van der Waals surface area contributed by atoms with E-state index in [4.69, 9.17) is 15.9 Å². The van der Waals surface area contributed by atoms with Crippen molar-refractivity contribution in [3.05, 3.63) is 62.1 Å². The summed E-state index contributed by atoms with van der Waals surface area (Å²) in [6.07, 6.45) is 6.49. The molecule has 0 unspecified atom stereocenters. The number of nitrogens with zero attached hydrogens (tertiary/aromatic N) is 2. The number of carbonyl (C=O) groups excluding carboxylic acids is 3. The van der Waals surface area contributed by atoms with E-state index in [1.165, 1.54) is 31.4 Å². The summed E-state index contributed by atoms with van der Waals surface area (Å²) < 4.78 is 11.2. The number of anilines is 1. The Morgan fingerprint density at radius 3 is 2.53 bits per heavy atom. The van der Waals surface area contributed by atoms with Crippen molar-refractivity contribution in [1.29, 1.82) is 0 Å². The van der Waals surface area contributed by atoms with Crippen LogP contribution in [0.1, 0.15) is 5.56 Å². The first-order valence-electron chi connectivity index (χ1n) is 8.86. The van der Waals surface area contributed by atoms with E-state index in [9.17, 15) is 24.5 Å². The van der Waals surface area contributed by atoms with E-state index in [-0.39, 0.29) is 23.6 Å². The van der Waals surface area contributed by atoms with Gasteiger partial charge in [0.05, 0.1) is 22.2 Å². The van der Waals surface area contributed by atoms with Crippen molar-refractivity contribution >= 4 is 51.2 Å². The molecule has 2 aromatic rings. The molecule has 0 aliphatic carbocycles. The number of non-ortho nitro benzene ring substituents is 1. The number of barbiturate groups is 1. The number of nitro benzene ring substituents is 1. The number of hydrogen-bond acceptors (Lipinski definition) is 7. The number of benzene rings is 2. The highest BCUT2D eigenvalue weighted by molar-refractivity contribution is 9.10. The van der Waals surface area contributed by atoms with Crippen molar-refractivity contribution in [3.8, 4) is 23.8 Å². The summed E-state index contributed by atoms with van der Waals surface area (Å²) in [6.45, 7) is 0.00258. The van der Waals surface area contributed by atoms with E-state index in [0.29, 0.717) is 26.4 Å². The first-order valence-corrected chi connectivity index (χ1v) is 9.65. The Morgan fingerprint density at radius 2 is 1.94 bits per heavy atom. The number of carbonyl (C=O) groups is 3. The van der Waals surface area contributed by atoms with Crippen LogP contribution in [0.25, 0.3) is 6.08 Å². The molecule has 0 spiro atoms. The van der Waals surface area contributed by atoms with Crippen LogP contribution >= 0.6 is 15.9 Å². The van der Waals surface area contributed by atoms with E-state index in [1.807, 2.05) is 0 Å². The van der Waals surface area contributed by atoms with Crippen molar-refractivity contribution in [2.75, 3.05) is 18.6 Å². The molecular formula is C21H14BrN3O7. The lowest BCUT2D eigenvalue weighted by atomic mass is 10.1. The van der Waals surface area contributed by atoms with Crippen molar-refractivity contribution < 1.29 is 28.8 Å². The lowest BCUT2D eigenvalue weighted by Crippen LogP contribution is -2.54. The van der Waals surface area contributed by atoms with E-state index in [0.717, 1.165) is 12.1 Å². The van der Waals surface area contributed by atoms with Crippen LogP contribution in [-0.4, -0.2) is 36.5 Å². The van der Waals surface area contributed by atoms with Gasteiger partial charge in [-0.05, 0) is 51.8 Å². The minimum Gasteiger partial charge on any atom is -0.493 e. The minimum atomic E-state index is -0.970. The highest BCUT2D eigenvalue weighted by atomic mass is 79.9. The molecule has 0 bridgehead atoms. The minimum absolute atomic E-state index is 0.00258. The Bertz CT molecular complexity index is 1200. The standard InChI is InChI=1S/C21H14BrN3O7/c1-3-8-32-18-16(22)10-12(11-17(18)31-2)9-15-19(26)23-21(28)24(20(15)27)13-4-6-14(7-5-13)25(29)30/h1,4-7,9-11H,8H2,2H3,(H,23,26,28)/b15-9-. The number of nitrogens with one attached hydrogen (secondary N) is 1. The van der Waals surface area contributed by atoms with E-state index >= 15 is 0 Å². The average Bonchev–Trinajstić information content (AvgIpc) is 2.75. The van der Waals surface area contributed by atoms with Gasteiger partial charge in [0.1, 0.15) is 12.2 Å². The maximum atomic E-state index is 13.0. The zero-order valence-electron chi connectivity index (χ0n) is 16.5. The normalized spacial score (nSPS) is 14.7. The van der Waals surface area contributed by atoms with Gasteiger partial charge in [-0.3, -0.25) is 25.0 Å². The van der Waals surface area contributed by atoms with Crippen LogP contribution in [0.3, 0.4) is 0 Å². The summed E-state index contributed by atoms with van der Waals surface area (Å²) in [5.74, 6) is 1.20. The van der Waals surface area contributed by atoms with E-state index < -0.39 is 22.8 Å². The van der Waals surface area contributed by atoms with E-state index in [2.05, 4.69) is 27.2 Å². The Labute approximate surface area is 190 Å². The molecule has 0 atom stereocenters. The molecule has 162 valence electrons. The quantitative estimate of drug-likeness (QED) is 0.212. The molecule has 11 heteroatoms. The number of terminal acetylenes is 1. The molecule has 32 heavy (non-hydrogen) atoms. The number of nitro groups is 1. The Balaban J connectivity index is 2.00. The molecule has 1 heterocycles. The number of imide groups is 2. The van der Waals surface area contributed by atoms with E-state index in [1.54, 1.807) is 6.07 Å². The second kappa shape index (κ2) is 9.32. The predicted molar refractivity (Wildman–Crippen MR) is 117 cm³/mol. The van der Waals surface area contributed by atoms with Gasteiger partial charge in [-0.15, -0.1) is 6.42 Å². The number of ether oxygens (including phenoxy) is 2. The van der Waals surface area contributed by atoms with Crippen molar-refractivity contribution in [3.63, 3.8) is 0 Å². The fraction of sp³-hybridized carbons (Fsp3) is 0.0952. The van der Waals surface area contributed by atoms with Crippen LogP contribution in [0.4, 0.5) is 16.2 Å². The first-order chi connectivity index (χ1) is 15.3. The third kappa shape index (κ3) is 4.45. The third-order valence-electron chi connectivity index (χ3n) is 4.28. The molecule has 1 N–H and O–H groups in total. The second-order valence-corrected chi connectivity index (χ2v) is 7.11. The van der Waals surface area contributed by atoms with Crippen molar-refractivity contribution in [1.82, 2.24) is 5.32 Å². The fourth-order valence-electron chi connectivity index (χ4n) is 2.86. The molecule has 10 nitrogen and oxygen atoms in total. The summed E-state index contributed by atoms with van der Waals surface area (Å²) >= 11 is 3.33. The maximum Gasteiger partial charge on any atom is 0.335 e. The van der Waals surface area contributed by atoms with Crippen LogP contribution in [-0.2, 0) is 9.59 Å². The highest BCUT2D eigenvalue weighted by Crippen LogP contribution is 2.37. The second-order valence-electron chi connectivity index (χ2n) is 6.26. The monoisotopic (exact) mass is 499 g/mol. The van der Waals surface area contributed by atoms with Gasteiger partial charge in [-0.1, -0.05) is 5.92 Å². The lowest BCUT2D eigenvalue weighted by molar-refractivity contribution is -0.384. The van der Waals surface area contributed by atoms with Crippen LogP contribution in [0.5, 0.6) is 11.5 Å². The number of hydrogen-bond donors (Lipinski definition) is 1. The van der Waals surface area contributed by atoms with Crippen molar-refractivity contribution in [2.45, 2.75) is 0 Å². The van der Waals surface area contributed by atoms with Gasteiger partial charge in [0.15, 0.2) is 11.5 Å². The van der Waals surface area contributed by atoms with Gasteiger partial charge in [0.2, 0.25) is 0 Å². The Kier molecular flexibility index (Phi) is 6.56. The molecule has 4 amide bonds. The summed E-state index contributed by atoms with van der Waals surface area (Å²) in [4.78, 5) is 48.6. The molecule has 0 radical (unpaired) electrons. The van der Waals surface area contributed by atoms with Crippen LogP contribution in [0.15, 0.2) is 46.4 Å². The van der Waals surface area contributed by atoms with Gasteiger partial charge >= 0.3 is 6.03 Å². The topological polar surface area (TPSA) is 128 Å². The molecule has 1 fully saturated rings. The molecule has 1 saturated heterocycles. The summed E-state index contributed by atoms with van der Waals surface area (Å²) in [5.41, 5.74) is -0.0738. The van der Waals surface area contributed by atoms with Crippen LogP contribution < -0.4 is 19.7 Å². The number of amides is 4. The smallest absolute Gasteiger partial charge is 0.335 e.